The highest BCUT2D eigenvalue weighted by atomic mass is 15.0. The lowest BCUT2D eigenvalue weighted by molar-refractivity contribution is 0.623. The summed E-state index contributed by atoms with van der Waals surface area (Å²) in [6.45, 7) is 4.46. The highest BCUT2D eigenvalue weighted by Gasteiger charge is 2.10. The topological polar surface area (TPSA) is 4.93 Å². The van der Waals surface area contributed by atoms with Crippen LogP contribution in [0.15, 0.2) is 109 Å². The lowest BCUT2D eigenvalue weighted by Gasteiger charge is -2.13. The SMILES string of the molecule is CC(C)n1ccc2ccc(-c3cc(-c4ccccc4)cc(-c4ccccc4)c3)cc21. The highest BCUT2D eigenvalue weighted by Crippen LogP contribution is 2.34. The van der Waals surface area contributed by atoms with Crippen LogP contribution in [0.3, 0.4) is 0 Å². The summed E-state index contributed by atoms with van der Waals surface area (Å²) in [5, 5.41) is 1.29. The van der Waals surface area contributed by atoms with E-state index < -0.39 is 0 Å². The maximum absolute atomic E-state index is 2.35. The molecule has 0 spiro atoms. The summed E-state index contributed by atoms with van der Waals surface area (Å²) in [4.78, 5) is 0. The van der Waals surface area contributed by atoms with Crippen molar-refractivity contribution in [3.05, 3.63) is 109 Å². The smallest absolute Gasteiger partial charge is 0.0488 e. The van der Waals surface area contributed by atoms with E-state index in [0.717, 1.165) is 0 Å². The van der Waals surface area contributed by atoms with Crippen molar-refractivity contribution in [3.63, 3.8) is 0 Å². The molecule has 0 aliphatic heterocycles. The Morgan fingerprint density at radius 1 is 0.500 bits per heavy atom. The molecule has 0 unspecified atom stereocenters. The van der Waals surface area contributed by atoms with Crippen LogP contribution in [0.2, 0.25) is 0 Å². The first-order chi connectivity index (χ1) is 14.7. The van der Waals surface area contributed by atoms with E-state index in [9.17, 15) is 0 Å². The molecular formula is C29H25N. The van der Waals surface area contributed by atoms with Crippen LogP contribution in [0.25, 0.3) is 44.3 Å². The molecule has 4 aromatic carbocycles. The Morgan fingerprint density at radius 3 is 1.57 bits per heavy atom. The van der Waals surface area contributed by atoms with Gasteiger partial charge in [0.25, 0.3) is 0 Å². The number of fused-ring (bicyclic) bond motifs is 1. The zero-order chi connectivity index (χ0) is 20.5. The number of nitrogens with zero attached hydrogens (tertiary/aromatic N) is 1. The van der Waals surface area contributed by atoms with E-state index in [2.05, 4.69) is 128 Å². The molecule has 0 atom stereocenters. The van der Waals surface area contributed by atoms with Crippen LogP contribution in [0.4, 0.5) is 0 Å². The Hall–Kier alpha value is -3.58. The van der Waals surface area contributed by atoms with Gasteiger partial charge >= 0.3 is 0 Å². The van der Waals surface area contributed by atoms with Gasteiger partial charge in [0.05, 0.1) is 0 Å². The van der Waals surface area contributed by atoms with Crippen molar-refractivity contribution in [2.75, 3.05) is 0 Å². The minimum Gasteiger partial charge on any atom is -0.345 e. The van der Waals surface area contributed by atoms with Gasteiger partial charge in [-0.3, -0.25) is 0 Å². The van der Waals surface area contributed by atoms with Gasteiger partial charge in [-0.25, -0.2) is 0 Å². The van der Waals surface area contributed by atoms with Crippen LogP contribution in [0.5, 0.6) is 0 Å². The van der Waals surface area contributed by atoms with E-state index >= 15 is 0 Å². The van der Waals surface area contributed by atoms with Gasteiger partial charge in [-0.2, -0.15) is 0 Å². The first-order valence-corrected chi connectivity index (χ1v) is 10.6. The third-order valence-corrected chi connectivity index (χ3v) is 5.76. The second kappa shape index (κ2) is 7.68. The number of hydrogen-bond donors (Lipinski definition) is 0. The molecule has 0 N–H and O–H groups in total. The van der Waals surface area contributed by atoms with Crippen LogP contribution in [0.1, 0.15) is 19.9 Å². The predicted octanol–water partition coefficient (Wildman–Crippen LogP) is 8.22. The third kappa shape index (κ3) is 3.44. The van der Waals surface area contributed by atoms with Crippen LogP contribution >= 0.6 is 0 Å². The Morgan fingerprint density at radius 2 is 1.03 bits per heavy atom. The Balaban J connectivity index is 1.71. The van der Waals surface area contributed by atoms with Gasteiger partial charge in [0, 0.05) is 17.8 Å². The van der Waals surface area contributed by atoms with Crippen molar-refractivity contribution >= 4 is 10.9 Å². The van der Waals surface area contributed by atoms with Gasteiger partial charge in [-0.1, -0.05) is 72.8 Å². The molecule has 0 saturated carbocycles. The number of hydrogen-bond acceptors (Lipinski definition) is 0. The molecule has 30 heavy (non-hydrogen) atoms. The molecule has 5 aromatic rings. The molecule has 0 radical (unpaired) electrons. The molecular weight excluding hydrogens is 362 g/mol. The van der Waals surface area contributed by atoms with Gasteiger partial charge < -0.3 is 4.57 Å². The minimum absolute atomic E-state index is 0.438. The monoisotopic (exact) mass is 387 g/mol. The minimum atomic E-state index is 0.438. The van der Waals surface area contributed by atoms with Crippen molar-refractivity contribution in [3.8, 4) is 33.4 Å². The molecule has 1 nitrogen and oxygen atoms in total. The summed E-state index contributed by atoms with van der Waals surface area (Å²) in [7, 11) is 0. The zero-order valence-electron chi connectivity index (χ0n) is 17.4. The van der Waals surface area contributed by atoms with Crippen molar-refractivity contribution < 1.29 is 0 Å². The predicted molar refractivity (Wildman–Crippen MR) is 129 cm³/mol. The van der Waals surface area contributed by atoms with E-state index in [1.165, 1.54) is 44.3 Å². The second-order valence-corrected chi connectivity index (χ2v) is 8.12. The summed E-state index contributed by atoms with van der Waals surface area (Å²) in [5.41, 5.74) is 8.74. The summed E-state index contributed by atoms with van der Waals surface area (Å²) in [6.07, 6.45) is 2.19. The van der Waals surface area contributed by atoms with E-state index in [4.69, 9.17) is 0 Å². The van der Waals surface area contributed by atoms with Gasteiger partial charge in [-0.15, -0.1) is 0 Å². The fourth-order valence-electron chi connectivity index (χ4n) is 4.17. The maximum Gasteiger partial charge on any atom is 0.0488 e. The number of rotatable bonds is 4. The maximum atomic E-state index is 2.35. The van der Waals surface area contributed by atoms with Crippen LogP contribution < -0.4 is 0 Å². The quantitative estimate of drug-likeness (QED) is 0.293. The van der Waals surface area contributed by atoms with Crippen LogP contribution in [-0.4, -0.2) is 4.57 Å². The van der Waals surface area contributed by atoms with E-state index in [1.54, 1.807) is 0 Å². The molecule has 1 heterocycles. The Bertz CT molecular complexity index is 1240. The average Bonchev–Trinajstić information content (AvgIpc) is 3.23. The molecule has 0 saturated heterocycles. The fraction of sp³-hybridized carbons (Fsp3) is 0.103. The molecule has 1 aromatic heterocycles. The summed E-state index contributed by atoms with van der Waals surface area (Å²) in [6, 6.07) is 37.6. The fourth-order valence-corrected chi connectivity index (χ4v) is 4.17. The molecule has 1 heteroatoms. The first-order valence-electron chi connectivity index (χ1n) is 10.6. The summed E-state index contributed by atoms with van der Waals surface area (Å²) in [5.74, 6) is 0. The second-order valence-electron chi connectivity index (χ2n) is 8.12. The molecule has 5 rings (SSSR count). The Kier molecular flexibility index (Phi) is 4.72. The standard InChI is InChI=1S/C29H25N/c1-21(2)30-16-15-24-13-14-25(20-29(24)30)28-18-26(22-9-5-3-6-10-22)17-27(19-28)23-11-7-4-8-12-23/h3-21H,1-2H3. The number of aromatic nitrogens is 1. The molecule has 146 valence electrons. The van der Waals surface area contributed by atoms with Gasteiger partial charge in [-0.05, 0) is 82.9 Å². The normalized spacial score (nSPS) is 11.3. The third-order valence-electron chi connectivity index (χ3n) is 5.76. The molecule has 0 aliphatic rings. The van der Waals surface area contributed by atoms with Crippen LogP contribution in [0, 0.1) is 0 Å². The molecule has 0 fully saturated rings. The van der Waals surface area contributed by atoms with E-state index in [-0.39, 0.29) is 0 Å². The van der Waals surface area contributed by atoms with Crippen molar-refractivity contribution in [2.24, 2.45) is 0 Å². The van der Waals surface area contributed by atoms with Crippen molar-refractivity contribution in [1.82, 2.24) is 4.57 Å². The van der Waals surface area contributed by atoms with Crippen molar-refractivity contribution in [2.45, 2.75) is 19.9 Å². The average molecular weight is 388 g/mol. The Labute approximate surface area is 178 Å². The summed E-state index contributed by atoms with van der Waals surface area (Å²) < 4.78 is 2.35. The molecule has 0 amide bonds. The lowest BCUT2D eigenvalue weighted by Crippen LogP contribution is -1.97. The van der Waals surface area contributed by atoms with Gasteiger partial charge in [0.15, 0.2) is 0 Å². The first kappa shape index (κ1) is 18.4. The van der Waals surface area contributed by atoms with Crippen LogP contribution in [-0.2, 0) is 0 Å². The highest BCUT2D eigenvalue weighted by molar-refractivity contribution is 5.88. The molecule has 0 aliphatic carbocycles. The van der Waals surface area contributed by atoms with Gasteiger partial charge in [0.2, 0.25) is 0 Å². The lowest BCUT2D eigenvalue weighted by atomic mass is 9.93. The largest absolute Gasteiger partial charge is 0.345 e. The van der Waals surface area contributed by atoms with Crippen molar-refractivity contribution in [1.29, 1.82) is 0 Å². The number of benzene rings is 4. The molecule has 0 bridgehead atoms. The summed E-state index contributed by atoms with van der Waals surface area (Å²) >= 11 is 0. The zero-order valence-corrected chi connectivity index (χ0v) is 17.4. The van der Waals surface area contributed by atoms with E-state index in [1.807, 2.05) is 0 Å². The van der Waals surface area contributed by atoms with Gasteiger partial charge in [0.1, 0.15) is 0 Å². The van der Waals surface area contributed by atoms with E-state index in [0.29, 0.717) is 6.04 Å².